The summed E-state index contributed by atoms with van der Waals surface area (Å²) in [5, 5.41) is 12.5. The Balaban J connectivity index is 1.88. The van der Waals surface area contributed by atoms with Crippen LogP contribution in [0.15, 0.2) is 42.5 Å². The summed E-state index contributed by atoms with van der Waals surface area (Å²) in [6.07, 6.45) is 4.87. The second-order valence-corrected chi connectivity index (χ2v) is 5.34. The van der Waals surface area contributed by atoms with Crippen LogP contribution in [0.3, 0.4) is 0 Å². The van der Waals surface area contributed by atoms with Crippen LogP contribution in [-0.4, -0.2) is 17.3 Å². The van der Waals surface area contributed by atoms with Crippen LogP contribution in [0.5, 0.6) is 5.75 Å². The van der Waals surface area contributed by atoms with Crippen molar-refractivity contribution in [1.82, 2.24) is 0 Å². The number of aliphatic hydroxyl groups excluding tert-OH is 1. The first kappa shape index (κ1) is 12.5. The standard InChI is InChI=1S/C17H20O2/c18-15-10-2-1-3-11-17(15)19-16-12-6-8-13-7-4-5-9-14(13)16/h4-9,12,15,17-18H,1-3,10-11H2. The molecule has 1 N–H and O–H groups in total. The summed E-state index contributed by atoms with van der Waals surface area (Å²) >= 11 is 0. The first-order chi connectivity index (χ1) is 9.34. The first-order valence-electron chi connectivity index (χ1n) is 7.17. The molecule has 19 heavy (non-hydrogen) atoms. The van der Waals surface area contributed by atoms with Gasteiger partial charge in [-0.2, -0.15) is 0 Å². The second-order valence-electron chi connectivity index (χ2n) is 5.34. The van der Waals surface area contributed by atoms with Crippen LogP contribution >= 0.6 is 0 Å². The Morgan fingerprint density at radius 3 is 2.63 bits per heavy atom. The Kier molecular flexibility index (Phi) is 3.69. The molecule has 2 atom stereocenters. The normalized spacial score (nSPS) is 24.1. The van der Waals surface area contributed by atoms with Crippen molar-refractivity contribution in [3.8, 4) is 5.75 Å². The molecule has 3 rings (SSSR count). The van der Waals surface area contributed by atoms with Crippen LogP contribution in [0, 0.1) is 0 Å². The van der Waals surface area contributed by atoms with Gasteiger partial charge in [-0.05, 0) is 30.7 Å². The molecule has 0 aromatic heterocycles. The van der Waals surface area contributed by atoms with Crippen LogP contribution in [-0.2, 0) is 0 Å². The van der Waals surface area contributed by atoms with Crippen molar-refractivity contribution in [2.24, 2.45) is 0 Å². The summed E-state index contributed by atoms with van der Waals surface area (Å²) in [4.78, 5) is 0. The van der Waals surface area contributed by atoms with Crippen molar-refractivity contribution in [2.75, 3.05) is 0 Å². The van der Waals surface area contributed by atoms with Gasteiger partial charge in [0.25, 0.3) is 0 Å². The van der Waals surface area contributed by atoms with Crippen LogP contribution in [0.1, 0.15) is 32.1 Å². The van der Waals surface area contributed by atoms with Gasteiger partial charge in [0.1, 0.15) is 11.9 Å². The molecule has 2 nitrogen and oxygen atoms in total. The Bertz CT molecular complexity index is 544. The highest BCUT2D eigenvalue weighted by Crippen LogP contribution is 2.29. The molecule has 2 aromatic rings. The van der Waals surface area contributed by atoms with Crippen molar-refractivity contribution < 1.29 is 9.84 Å². The number of hydrogen-bond donors (Lipinski definition) is 1. The van der Waals surface area contributed by atoms with Gasteiger partial charge in [-0.1, -0.05) is 49.2 Å². The van der Waals surface area contributed by atoms with Crippen LogP contribution < -0.4 is 4.74 Å². The molecule has 0 bridgehead atoms. The molecule has 2 aromatic carbocycles. The molecule has 0 heterocycles. The van der Waals surface area contributed by atoms with Crippen molar-refractivity contribution >= 4 is 10.8 Å². The topological polar surface area (TPSA) is 29.5 Å². The highest BCUT2D eigenvalue weighted by Gasteiger charge is 2.23. The highest BCUT2D eigenvalue weighted by atomic mass is 16.5. The van der Waals surface area contributed by atoms with E-state index in [9.17, 15) is 5.11 Å². The number of rotatable bonds is 2. The lowest BCUT2D eigenvalue weighted by Gasteiger charge is -2.22. The minimum Gasteiger partial charge on any atom is -0.487 e. The highest BCUT2D eigenvalue weighted by molar-refractivity contribution is 5.88. The fraction of sp³-hybridized carbons (Fsp3) is 0.412. The molecule has 1 saturated carbocycles. The fourth-order valence-corrected chi connectivity index (χ4v) is 2.85. The number of aliphatic hydroxyl groups is 1. The molecular weight excluding hydrogens is 236 g/mol. The van der Waals surface area contributed by atoms with Gasteiger partial charge in [-0.25, -0.2) is 0 Å². The van der Waals surface area contributed by atoms with E-state index in [0.29, 0.717) is 0 Å². The van der Waals surface area contributed by atoms with Crippen LogP contribution in [0.25, 0.3) is 10.8 Å². The maximum absolute atomic E-state index is 10.2. The first-order valence-corrected chi connectivity index (χ1v) is 7.17. The molecule has 2 heteroatoms. The van der Waals surface area contributed by atoms with Crippen molar-refractivity contribution in [1.29, 1.82) is 0 Å². The number of benzene rings is 2. The van der Waals surface area contributed by atoms with E-state index >= 15 is 0 Å². The van der Waals surface area contributed by atoms with E-state index in [1.54, 1.807) is 0 Å². The lowest BCUT2D eigenvalue weighted by Crippen LogP contribution is -2.30. The van der Waals surface area contributed by atoms with Gasteiger partial charge in [0.15, 0.2) is 0 Å². The summed E-state index contributed by atoms with van der Waals surface area (Å²) in [7, 11) is 0. The van der Waals surface area contributed by atoms with Gasteiger partial charge < -0.3 is 9.84 Å². The Morgan fingerprint density at radius 2 is 1.68 bits per heavy atom. The molecule has 0 amide bonds. The van der Waals surface area contributed by atoms with Crippen molar-refractivity contribution in [3.05, 3.63) is 42.5 Å². The zero-order chi connectivity index (χ0) is 13.1. The largest absolute Gasteiger partial charge is 0.487 e. The third-order valence-electron chi connectivity index (χ3n) is 3.95. The van der Waals surface area contributed by atoms with E-state index < -0.39 is 0 Å². The molecule has 1 aliphatic rings. The predicted molar refractivity (Wildman–Crippen MR) is 77.5 cm³/mol. The maximum atomic E-state index is 10.2. The smallest absolute Gasteiger partial charge is 0.127 e. The number of fused-ring (bicyclic) bond motifs is 1. The number of ether oxygens (including phenoxy) is 1. The third-order valence-corrected chi connectivity index (χ3v) is 3.95. The van der Waals surface area contributed by atoms with E-state index in [0.717, 1.165) is 36.8 Å². The molecule has 0 aliphatic heterocycles. The molecule has 100 valence electrons. The van der Waals surface area contributed by atoms with Gasteiger partial charge in [0.2, 0.25) is 0 Å². The molecule has 0 saturated heterocycles. The Hall–Kier alpha value is -1.54. The third kappa shape index (κ3) is 2.74. The molecular formula is C17H20O2. The van der Waals surface area contributed by atoms with Crippen molar-refractivity contribution in [2.45, 2.75) is 44.3 Å². The second kappa shape index (κ2) is 5.62. The van der Waals surface area contributed by atoms with E-state index in [4.69, 9.17) is 4.74 Å². The summed E-state index contributed by atoms with van der Waals surface area (Å²) in [6, 6.07) is 14.3. The lowest BCUT2D eigenvalue weighted by molar-refractivity contribution is 0.0329. The quantitative estimate of drug-likeness (QED) is 0.825. The summed E-state index contributed by atoms with van der Waals surface area (Å²) in [5.41, 5.74) is 0. The van der Waals surface area contributed by atoms with E-state index in [1.165, 1.54) is 11.8 Å². The Labute approximate surface area is 114 Å². The van der Waals surface area contributed by atoms with Crippen LogP contribution in [0.2, 0.25) is 0 Å². The number of hydrogen-bond acceptors (Lipinski definition) is 2. The van der Waals surface area contributed by atoms with Crippen molar-refractivity contribution in [3.63, 3.8) is 0 Å². The molecule has 0 radical (unpaired) electrons. The van der Waals surface area contributed by atoms with Gasteiger partial charge in [-0.15, -0.1) is 0 Å². The molecule has 1 aliphatic carbocycles. The molecule has 2 unspecified atom stereocenters. The van der Waals surface area contributed by atoms with E-state index in [1.807, 2.05) is 24.3 Å². The van der Waals surface area contributed by atoms with E-state index in [2.05, 4.69) is 18.2 Å². The maximum Gasteiger partial charge on any atom is 0.127 e. The van der Waals surface area contributed by atoms with Gasteiger partial charge in [0.05, 0.1) is 6.10 Å². The zero-order valence-corrected chi connectivity index (χ0v) is 11.1. The van der Waals surface area contributed by atoms with Gasteiger partial charge in [0, 0.05) is 5.39 Å². The monoisotopic (exact) mass is 256 g/mol. The SMILES string of the molecule is OC1CCCCCC1Oc1cccc2ccccc12. The summed E-state index contributed by atoms with van der Waals surface area (Å²) in [6.45, 7) is 0. The predicted octanol–water partition coefficient (Wildman–Crippen LogP) is 3.91. The molecule has 1 fully saturated rings. The minimum atomic E-state index is -0.332. The average Bonchev–Trinajstić information content (AvgIpc) is 2.65. The summed E-state index contributed by atoms with van der Waals surface area (Å²) < 4.78 is 6.11. The summed E-state index contributed by atoms with van der Waals surface area (Å²) in [5.74, 6) is 0.893. The average molecular weight is 256 g/mol. The van der Waals surface area contributed by atoms with Gasteiger partial charge in [-0.3, -0.25) is 0 Å². The minimum absolute atomic E-state index is 0.0618. The van der Waals surface area contributed by atoms with E-state index in [-0.39, 0.29) is 12.2 Å². The van der Waals surface area contributed by atoms with Crippen LogP contribution in [0.4, 0.5) is 0 Å². The van der Waals surface area contributed by atoms with Gasteiger partial charge >= 0.3 is 0 Å². The molecule has 0 spiro atoms. The Morgan fingerprint density at radius 1 is 0.895 bits per heavy atom. The lowest BCUT2D eigenvalue weighted by atomic mass is 10.1. The fourth-order valence-electron chi connectivity index (χ4n) is 2.85. The zero-order valence-electron chi connectivity index (χ0n) is 11.1.